The van der Waals surface area contributed by atoms with Crippen LogP contribution in [0.4, 0.5) is 0 Å². The van der Waals surface area contributed by atoms with Crippen molar-refractivity contribution >= 4 is 6.41 Å². The molecule has 1 atom stereocenters. The predicted molar refractivity (Wildman–Crippen MR) is 21.9 cm³/mol. The monoisotopic (exact) mass is 84.0 g/mol. The topological polar surface area (TPSA) is 20.1 Å². The van der Waals surface area contributed by atoms with Gasteiger partial charge >= 0.3 is 6.41 Å². The lowest BCUT2D eigenvalue weighted by Crippen LogP contribution is -1.91. The third kappa shape index (κ3) is 0.379. The van der Waals surface area contributed by atoms with Gasteiger partial charge in [0.15, 0.2) is 0 Å². The van der Waals surface area contributed by atoms with Crippen molar-refractivity contribution in [3.05, 3.63) is 0 Å². The highest BCUT2D eigenvalue weighted by Gasteiger charge is 2.27. The van der Waals surface area contributed by atoms with Gasteiger partial charge in [-0.05, 0) is 6.92 Å². The number of amides is 1. The molecule has 0 aliphatic carbocycles. The van der Waals surface area contributed by atoms with Crippen molar-refractivity contribution in [2.45, 2.75) is 13.0 Å². The smallest absolute Gasteiger partial charge is 0.312 e. The highest BCUT2D eigenvalue weighted by atomic mass is 16.1. The number of rotatable bonds is 1. The first kappa shape index (κ1) is 3.65. The van der Waals surface area contributed by atoms with E-state index in [-0.39, 0.29) is 0 Å². The van der Waals surface area contributed by atoms with E-state index in [2.05, 4.69) is 0 Å². The molecule has 1 unspecified atom stereocenters. The minimum absolute atomic E-state index is 0.475. The molecular weight excluding hydrogens is 78.0 g/mol. The zero-order chi connectivity index (χ0) is 4.57. The Bertz CT molecular complexity index is 71.9. The molecule has 1 amide bonds. The van der Waals surface area contributed by atoms with Gasteiger partial charge in [-0.3, -0.25) is 4.79 Å². The molecule has 0 aromatic carbocycles. The lowest BCUT2D eigenvalue weighted by Gasteiger charge is -1.76. The molecule has 0 aromatic heterocycles. The van der Waals surface area contributed by atoms with Crippen molar-refractivity contribution in [3.8, 4) is 0 Å². The van der Waals surface area contributed by atoms with E-state index in [1.54, 1.807) is 11.3 Å². The van der Waals surface area contributed by atoms with Crippen LogP contribution in [-0.2, 0) is 4.79 Å². The van der Waals surface area contributed by atoms with Crippen molar-refractivity contribution in [1.29, 1.82) is 0 Å². The van der Waals surface area contributed by atoms with Crippen LogP contribution in [0.2, 0.25) is 0 Å². The molecule has 0 bridgehead atoms. The van der Waals surface area contributed by atoms with E-state index in [1.165, 1.54) is 0 Å². The van der Waals surface area contributed by atoms with Crippen molar-refractivity contribution in [3.63, 3.8) is 0 Å². The first-order chi connectivity index (χ1) is 2.84. The van der Waals surface area contributed by atoms with Gasteiger partial charge in [0.05, 0.1) is 0 Å². The molecule has 2 heteroatoms. The number of carbonyl (C=O) groups excluding carboxylic acids is 1. The summed E-state index contributed by atoms with van der Waals surface area (Å²) in [4.78, 5) is 11.2. The van der Waals surface area contributed by atoms with E-state index < -0.39 is 0 Å². The maximum Gasteiger partial charge on any atom is 0.312 e. The van der Waals surface area contributed by atoms with Crippen LogP contribution in [0, 0.1) is 0 Å². The van der Waals surface area contributed by atoms with Gasteiger partial charge in [-0.2, -0.15) is 0 Å². The first-order valence-electron chi connectivity index (χ1n) is 1.99. The Morgan fingerprint density at radius 3 is 2.50 bits per heavy atom. The fourth-order valence-corrected chi connectivity index (χ4v) is 0.365. The zero-order valence-corrected chi connectivity index (χ0v) is 3.64. The van der Waals surface area contributed by atoms with Gasteiger partial charge in [0.2, 0.25) is 0 Å². The number of nitrogens with zero attached hydrogens (tertiary/aromatic N) is 1. The predicted octanol–water partition coefficient (Wildman–Crippen LogP) is -0.242. The maximum absolute atomic E-state index is 9.58. The summed E-state index contributed by atoms with van der Waals surface area (Å²) in [7, 11) is 0. The van der Waals surface area contributed by atoms with Crippen LogP contribution in [0.25, 0.3) is 0 Å². The SMILES string of the molecule is CC1CN1[C]=O. The van der Waals surface area contributed by atoms with Crippen LogP contribution in [0.1, 0.15) is 6.92 Å². The second-order valence-corrected chi connectivity index (χ2v) is 1.59. The lowest BCUT2D eigenvalue weighted by atomic mass is 10.6. The van der Waals surface area contributed by atoms with Gasteiger partial charge in [-0.25, -0.2) is 0 Å². The Labute approximate surface area is 36.7 Å². The van der Waals surface area contributed by atoms with Gasteiger partial charge < -0.3 is 4.90 Å². The van der Waals surface area contributed by atoms with Crippen LogP contribution in [-0.4, -0.2) is 23.9 Å². The molecule has 6 heavy (non-hydrogen) atoms. The highest BCUT2D eigenvalue weighted by Crippen LogP contribution is 2.10. The Hall–Kier alpha value is -0.530. The molecule has 0 saturated carbocycles. The lowest BCUT2D eigenvalue weighted by molar-refractivity contribution is 0.516. The van der Waals surface area contributed by atoms with Gasteiger partial charge in [0.1, 0.15) is 0 Å². The number of hydrogen-bond acceptors (Lipinski definition) is 1. The maximum atomic E-state index is 9.58. The van der Waals surface area contributed by atoms with Crippen LogP contribution < -0.4 is 0 Å². The molecule has 0 aromatic rings. The van der Waals surface area contributed by atoms with Crippen molar-refractivity contribution in [2.75, 3.05) is 6.54 Å². The molecule has 1 rings (SSSR count). The molecule has 1 heterocycles. The minimum Gasteiger partial charge on any atom is -0.328 e. The summed E-state index contributed by atoms with van der Waals surface area (Å²) >= 11 is 0. The van der Waals surface area contributed by atoms with Gasteiger partial charge in [0, 0.05) is 12.6 Å². The first-order valence-corrected chi connectivity index (χ1v) is 1.99. The van der Waals surface area contributed by atoms with E-state index in [1.807, 2.05) is 6.92 Å². The summed E-state index contributed by atoms with van der Waals surface area (Å²) in [5.41, 5.74) is 0. The summed E-state index contributed by atoms with van der Waals surface area (Å²) in [6.45, 7) is 2.90. The molecule has 1 aliphatic heterocycles. The van der Waals surface area contributed by atoms with Gasteiger partial charge in [-0.15, -0.1) is 0 Å². The summed E-state index contributed by atoms with van der Waals surface area (Å²) in [5, 5.41) is 0. The molecular formula is C4H6NO. The van der Waals surface area contributed by atoms with Crippen molar-refractivity contribution < 1.29 is 4.79 Å². The Morgan fingerprint density at radius 1 is 2.00 bits per heavy atom. The third-order valence-electron chi connectivity index (χ3n) is 0.977. The second-order valence-electron chi connectivity index (χ2n) is 1.59. The Kier molecular flexibility index (Phi) is 0.587. The van der Waals surface area contributed by atoms with Crippen molar-refractivity contribution in [2.24, 2.45) is 0 Å². The molecule has 1 aliphatic rings. The summed E-state index contributed by atoms with van der Waals surface area (Å²) in [5.74, 6) is 0. The Morgan fingerprint density at radius 2 is 2.50 bits per heavy atom. The quantitative estimate of drug-likeness (QED) is 0.401. The van der Waals surface area contributed by atoms with E-state index in [0.717, 1.165) is 6.54 Å². The normalized spacial score (nSPS) is 30.2. The van der Waals surface area contributed by atoms with Crippen molar-refractivity contribution in [1.82, 2.24) is 4.90 Å². The summed E-state index contributed by atoms with van der Waals surface area (Å²) < 4.78 is 0. The van der Waals surface area contributed by atoms with E-state index in [0.29, 0.717) is 6.04 Å². The largest absolute Gasteiger partial charge is 0.328 e. The van der Waals surface area contributed by atoms with E-state index >= 15 is 0 Å². The second kappa shape index (κ2) is 0.965. The fraction of sp³-hybridized carbons (Fsp3) is 0.750. The number of hydrogen-bond donors (Lipinski definition) is 0. The molecule has 1 radical (unpaired) electrons. The van der Waals surface area contributed by atoms with Crippen LogP contribution in [0.15, 0.2) is 0 Å². The van der Waals surface area contributed by atoms with Crippen LogP contribution >= 0.6 is 0 Å². The molecule has 0 N–H and O–H groups in total. The molecule has 2 nitrogen and oxygen atoms in total. The molecule has 1 saturated heterocycles. The third-order valence-corrected chi connectivity index (χ3v) is 0.977. The molecule has 0 spiro atoms. The van der Waals surface area contributed by atoms with Gasteiger partial charge in [-0.1, -0.05) is 0 Å². The fourth-order valence-electron chi connectivity index (χ4n) is 0.365. The average molecular weight is 84.1 g/mol. The Balaban J connectivity index is 2.25. The van der Waals surface area contributed by atoms with E-state index in [9.17, 15) is 4.79 Å². The minimum atomic E-state index is 0.475. The summed E-state index contributed by atoms with van der Waals surface area (Å²) in [6, 6.07) is 0.475. The molecule has 33 valence electrons. The highest BCUT2D eigenvalue weighted by molar-refractivity contribution is 5.52. The van der Waals surface area contributed by atoms with Gasteiger partial charge in [0.25, 0.3) is 0 Å². The standard InChI is InChI=1S/C4H6NO/c1-4-2-5(4)3-6/h4H,2H2,1H3. The molecule has 1 fully saturated rings. The average Bonchev–Trinajstić information content (AvgIpc) is 2.19. The summed E-state index contributed by atoms with van der Waals surface area (Å²) in [6.07, 6.45) is 1.77. The zero-order valence-electron chi connectivity index (χ0n) is 3.64. The van der Waals surface area contributed by atoms with Crippen LogP contribution in [0.3, 0.4) is 0 Å². The van der Waals surface area contributed by atoms with Crippen LogP contribution in [0.5, 0.6) is 0 Å². The van der Waals surface area contributed by atoms with E-state index in [4.69, 9.17) is 0 Å².